The second-order valence-electron chi connectivity index (χ2n) is 6.95. The molecular weight excluding hydrogens is 334 g/mol. The van der Waals surface area contributed by atoms with E-state index >= 15 is 0 Å². The van der Waals surface area contributed by atoms with Crippen molar-refractivity contribution in [2.45, 2.75) is 26.0 Å². The van der Waals surface area contributed by atoms with Gasteiger partial charge in [-0.15, -0.1) is 11.3 Å². The molecule has 0 radical (unpaired) electrons. The van der Waals surface area contributed by atoms with Crippen LogP contribution in [-0.4, -0.2) is 53.0 Å². The molecule has 25 heavy (non-hydrogen) atoms. The normalized spacial score (nSPS) is 17.4. The predicted octanol–water partition coefficient (Wildman–Crippen LogP) is 2.40. The first-order chi connectivity index (χ1) is 12.0. The number of thiazole rings is 1. The lowest BCUT2D eigenvalue weighted by atomic mass is 9.97. The number of amides is 1. The van der Waals surface area contributed by atoms with Crippen LogP contribution in [0.2, 0.25) is 0 Å². The van der Waals surface area contributed by atoms with Gasteiger partial charge < -0.3 is 14.9 Å². The molecule has 1 atom stereocenters. The Morgan fingerprint density at radius 3 is 2.96 bits per heavy atom. The monoisotopic (exact) mass is 359 g/mol. The molecule has 1 aromatic heterocycles. The number of hydrogen-bond acceptors (Lipinski definition) is 5. The molecule has 3 rings (SSSR count). The summed E-state index contributed by atoms with van der Waals surface area (Å²) in [5.41, 5.74) is 2.75. The first-order valence-electron chi connectivity index (χ1n) is 8.62. The van der Waals surface area contributed by atoms with Crippen LogP contribution in [0.1, 0.15) is 33.0 Å². The van der Waals surface area contributed by atoms with Gasteiger partial charge in [0.05, 0.1) is 6.61 Å². The molecule has 0 unspecified atom stereocenters. The molecule has 1 N–H and O–H groups in total. The Hall–Kier alpha value is -1.76. The van der Waals surface area contributed by atoms with Crippen LogP contribution >= 0.6 is 11.3 Å². The van der Waals surface area contributed by atoms with Crippen molar-refractivity contribution >= 4 is 17.2 Å². The summed E-state index contributed by atoms with van der Waals surface area (Å²) in [6.07, 6.45) is 1.96. The van der Waals surface area contributed by atoms with Crippen LogP contribution in [0.25, 0.3) is 0 Å². The van der Waals surface area contributed by atoms with Crippen molar-refractivity contribution in [3.8, 4) is 0 Å². The molecule has 0 saturated carbocycles. The van der Waals surface area contributed by atoms with E-state index in [1.54, 1.807) is 11.3 Å². The molecule has 1 aliphatic heterocycles. The van der Waals surface area contributed by atoms with Crippen LogP contribution in [0.4, 0.5) is 0 Å². The Labute approximate surface area is 152 Å². The van der Waals surface area contributed by atoms with Crippen LogP contribution in [0.3, 0.4) is 0 Å². The van der Waals surface area contributed by atoms with Gasteiger partial charge in [-0.25, -0.2) is 4.98 Å². The zero-order valence-electron chi connectivity index (χ0n) is 14.8. The molecule has 5 nitrogen and oxygen atoms in total. The molecule has 1 fully saturated rings. The van der Waals surface area contributed by atoms with Crippen LogP contribution in [-0.2, 0) is 19.6 Å². The number of nitrogens with zero attached hydrogens (tertiary/aromatic N) is 3. The standard InChI is InChI=1S/C19H25N3O2S/c1-21(2)11-18-20-17(13-25-18)19(24)22-7-6-15(10-22)8-14-4-3-5-16(9-14)12-23/h3-5,9,13,15,23H,6-8,10-12H2,1-2H3/t15-/m0/s1. The zero-order chi connectivity index (χ0) is 17.8. The van der Waals surface area contributed by atoms with E-state index in [9.17, 15) is 9.90 Å². The fourth-order valence-electron chi connectivity index (χ4n) is 3.29. The van der Waals surface area contributed by atoms with E-state index in [4.69, 9.17) is 0 Å². The van der Waals surface area contributed by atoms with E-state index in [1.165, 1.54) is 5.56 Å². The second kappa shape index (κ2) is 8.08. The highest BCUT2D eigenvalue weighted by Gasteiger charge is 2.28. The van der Waals surface area contributed by atoms with Gasteiger partial charge in [0.25, 0.3) is 5.91 Å². The number of carbonyl (C=O) groups is 1. The smallest absolute Gasteiger partial charge is 0.273 e. The maximum absolute atomic E-state index is 12.7. The number of hydrogen-bond donors (Lipinski definition) is 1. The molecule has 1 saturated heterocycles. The number of aromatic nitrogens is 1. The summed E-state index contributed by atoms with van der Waals surface area (Å²) in [4.78, 5) is 21.1. The Morgan fingerprint density at radius 1 is 1.40 bits per heavy atom. The number of likely N-dealkylation sites (tertiary alicyclic amines) is 1. The number of aliphatic hydroxyl groups excluding tert-OH is 1. The van der Waals surface area contributed by atoms with Gasteiger partial charge in [-0.05, 0) is 44.0 Å². The van der Waals surface area contributed by atoms with Gasteiger partial charge in [0.15, 0.2) is 0 Å². The summed E-state index contributed by atoms with van der Waals surface area (Å²) in [7, 11) is 4.00. The third kappa shape index (κ3) is 4.66. The largest absolute Gasteiger partial charge is 0.392 e. The van der Waals surface area contributed by atoms with E-state index in [-0.39, 0.29) is 12.5 Å². The van der Waals surface area contributed by atoms with E-state index in [2.05, 4.69) is 22.0 Å². The zero-order valence-corrected chi connectivity index (χ0v) is 15.6. The summed E-state index contributed by atoms with van der Waals surface area (Å²) in [5, 5.41) is 12.1. The third-order valence-electron chi connectivity index (χ3n) is 4.49. The molecular formula is C19H25N3O2S. The minimum absolute atomic E-state index is 0.0489. The molecule has 1 aliphatic rings. The summed E-state index contributed by atoms with van der Waals surface area (Å²) < 4.78 is 0. The van der Waals surface area contributed by atoms with Crippen molar-refractivity contribution in [3.63, 3.8) is 0 Å². The maximum atomic E-state index is 12.7. The lowest BCUT2D eigenvalue weighted by Gasteiger charge is -2.15. The first kappa shape index (κ1) is 18.0. The van der Waals surface area contributed by atoms with Crippen LogP contribution < -0.4 is 0 Å². The van der Waals surface area contributed by atoms with E-state index < -0.39 is 0 Å². The van der Waals surface area contributed by atoms with Crippen molar-refractivity contribution in [2.75, 3.05) is 27.2 Å². The number of rotatable bonds is 6. The minimum atomic E-state index is 0.0489. The molecule has 2 heterocycles. The summed E-state index contributed by atoms with van der Waals surface area (Å²) in [5.74, 6) is 0.519. The summed E-state index contributed by atoms with van der Waals surface area (Å²) in [6.45, 7) is 2.41. The summed E-state index contributed by atoms with van der Waals surface area (Å²) in [6, 6.07) is 8.07. The lowest BCUT2D eigenvalue weighted by Crippen LogP contribution is -2.29. The van der Waals surface area contributed by atoms with E-state index in [1.807, 2.05) is 36.5 Å². The van der Waals surface area contributed by atoms with Crippen molar-refractivity contribution < 1.29 is 9.90 Å². The quantitative estimate of drug-likeness (QED) is 0.860. The lowest BCUT2D eigenvalue weighted by molar-refractivity contribution is 0.0781. The van der Waals surface area contributed by atoms with Crippen molar-refractivity contribution in [1.82, 2.24) is 14.8 Å². The number of benzene rings is 1. The fourth-order valence-corrected chi connectivity index (χ4v) is 4.17. The van der Waals surface area contributed by atoms with Crippen LogP contribution in [0.15, 0.2) is 29.6 Å². The van der Waals surface area contributed by atoms with E-state index in [0.29, 0.717) is 11.6 Å². The van der Waals surface area contributed by atoms with Gasteiger partial charge in [-0.3, -0.25) is 4.79 Å². The molecule has 0 bridgehead atoms. The Bertz CT molecular complexity index is 729. The average molecular weight is 359 g/mol. The van der Waals surface area contributed by atoms with Crippen LogP contribution in [0, 0.1) is 5.92 Å². The Balaban J connectivity index is 1.58. The highest BCUT2D eigenvalue weighted by Crippen LogP contribution is 2.23. The van der Waals surface area contributed by atoms with Crippen molar-refractivity contribution in [2.24, 2.45) is 5.92 Å². The van der Waals surface area contributed by atoms with Gasteiger partial charge >= 0.3 is 0 Å². The minimum Gasteiger partial charge on any atom is -0.392 e. The maximum Gasteiger partial charge on any atom is 0.273 e. The highest BCUT2D eigenvalue weighted by molar-refractivity contribution is 7.09. The highest BCUT2D eigenvalue weighted by atomic mass is 32.1. The molecule has 0 aliphatic carbocycles. The van der Waals surface area contributed by atoms with E-state index in [0.717, 1.165) is 43.0 Å². The van der Waals surface area contributed by atoms with Gasteiger partial charge in [0.2, 0.25) is 0 Å². The fraction of sp³-hybridized carbons (Fsp3) is 0.474. The van der Waals surface area contributed by atoms with Crippen molar-refractivity contribution in [1.29, 1.82) is 0 Å². The predicted molar refractivity (Wildman–Crippen MR) is 99.6 cm³/mol. The van der Waals surface area contributed by atoms with Crippen LogP contribution in [0.5, 0.6) is 0 Å². The first-order valence-corrected chi connectivity index (χ1v) is 9.50. The van der Waals surface area contributed by atoms with Gasteiger partial charge in [-0.2, -0.15) is 0 Å². The molecule has 2 aromatic rings. The molecule has 134 valence electrons. The third-order valence-corrected chi connectivity index (χ3v) is 5.33. The Kier molecular flexibility index (Phi) is 5.83. The van der Waals surface area contributed by atoms with Gasteiger partial charge in [0.1, 0.15) is 10.7 Å². The molecule has 1 aromatic carbocycles. The SMILES string of the molecule is CN(C)Cc1nc(C(=O)N2CC[C@@H](Cc3cccc(CO)c3)C2)cs1. The number of aliphatic hydroxyl groups is 1. The van der Waals surface area contributed by atoms with Gasteiger partial charge in [-0.1, -0.05) is 24.3 Å². The average Bonchev–Trinajstić information content (AvgIpc) is 3.23. The number of carbonyl (C=O) groups excluding carboxylic acids is 1. The molecule has 0 spiro atoms. The van der Waals surface area contributed by atoms with Gasteiger partial charge in [0, 0.05) is 25.0 Å². The van der Waals surface area contributed by atoms with Crippen molar-refractivity contribution in [3.05, 3.63) is 51.5 Å². The second-order valence-corrected chi connectivity index (χ2v) is 7.89. The topological polar surface area (TPSA) is 56.7 Å². The molecule has 6 heteroatoms. The Morgan fingerprint density at radius 2 is 2.20 bits per heavy atom. The summed E-state index contributed by atoms with van der Waals surface area (Å²) >= 11 is 1.55. The molecule has 1 amide bonds.